The number of aliphatic hydroxyl groups excluding tert-OH is 1. The zero-order valence-corrected chi connectivity index (χ0v) is 11.2. The van der Waals surface area contributed by atoms with Crippen LogP contribution in [-0.2, 0) is 4.79 Å². The molecule has 6 heteroatoms. The van der Waals surface area contributed by atoms with Gasteiger partial charge in [0.1, 0.15) is 5.69 Å². The van der Waals surface area contributed by atoms with Gasteiger partial charge in [0.2, 0.25) is 11.3 Å². The molecule has 1 aromatic rings. The topological polar surface area (TPSA) is 82.2 Å². The molecule has 0 fully saturated rings. The van der Waals surface area contributed by atoms with Crippen molar-refractivity contribution < 1.29 is 9.90 Å². The van der Waals surface area contributed by atoms with Gasteiger partial charge in [-0.25, -0.2) is 0 Å². The van der Waals surface area contributed by atoms with Gasteiger partial charge in [0.15, 0.2) is 0 Å². The number of amides is 1. The summed E-state index contributed by atoms with van der Waals surface area (Å²) in [7, 11) is 0. The molecule has 0 radical (unpaired) electrons. The summed E-state index contributed by atoms with van der Waals surface area (Å²) in [6, 6.07) is 0. The van der Waals surface area contributed by atoms with Crippen molar-refractivity contribution in [2.45, 2.75) is 26.4 Å². The van der Waals surface area contributed by atoms with E-state index in [1.54, 1.807) is 0 Å². The summed E-state index contributed by atoms with van der Waals surface area (Å²) in [6.07, 6.45) is 2.17. The largest absolute Gasteiger partial charge is 0.392 e. The van der Waals surface area contributed by atoms with Gasteiger partial charge < -0.3 is 15.4 Å². The van der Waals surface area contributed by atoms with Crippen molar-refractivity contribution in [3.05, 3.63) is 27.1 Å². The maximum atomic E-state index is 11.6. The molecule has 17 heavy (non-hydrogen) atoms. The van der Waals surface area contributed by atoms with E-state index in [4.69, 9.17) is 0 Å². The van der Waals surface area contributed by atoms with Crippen molar-refractivity contribution in [3.8, 4) is 0 Å². The standard InChI is InChI=1S/C11H15BrN2O3/c1-6(2)9(15)3-10(16)14-8-5-13-4-7(12)11(8)17/h4-6,9,15H,3H2,1-2H3,(H,13,17)(H,14,16). The number of aromatic amines is 1. The molecule has 1 atom stereocenters. The highest BCUT2D eigenvalue weighted by molar-refractivity contribution is 9.10. The van der Waals surface area contributed by atoms with Crippen LogP contribution in [0.1, 0.15) is 20.3 Å². The Morgan fingerprint density at radius 2 is 2.18 bits per heavy atom. The Hall–Kier alpha value is -1.14. The Balaban J connectivity index is 2.69. The fourth-order valence-corrected chi connectivity index (χ4v) is 1.52. The van der Waals surface area contributed by atoms with Crippen molar-refractivity contribution in [2.75, 3.05) is 5.32 Å². The van der Waals surface area contributed by atoms with Crippen molar-refractivity contribution >= 4 is 27.5 Å². The van der Waals surface area contributed by atoms with Gasteiger partial charge in [-0.2, -0.15) is 0 Å². The number of aliphatic hydroxyl groups is 1. The van der Waals surface area contributed by atoms with Crippen LogP contribution in [0.15, 0.2) is 21.7 Å². The third-order valence-corrected chi connectivity index (χ3v) is 2.93. The fourth-order valence-electron chi connectivity index (χ4n) is 1.18. The minimum Gasteiger partial charge on any atom is -0.392 e. The molecule has 1 unspecified atom stereocenters. The van der Waals surface area contributed by atoms with E-state index in [1.165, 1.54) is 12.4 Å². The van der Waals surface area contributed by atoms with E-state index in [2.05, 4.69) is 26.2 Å². The lowest BCUT2D eigenvalue weighted by molar-refractivity contribution is -0.118. The summed E-state index contributed by atoms with van der Waals surface area (Å²) in [5, 5.41) is 12.0. The molecule has 0 saturated carbocycles. The molecule has 3 N–H and O–H groups in total. The lowest BCUT2D eigenvalue weighted by Crippen LogP contribution is -2.25. The number of anilines is 1. The van der Waals surface area contributed by atoms with Crippen LogP contribution in [0.4, 0.5) is 5.69 Å². The maximum absolute atomic E-state index is 11.6. The number of hydrogen-bond donors (Lipinski definition) is 3. The van der Waals surface area contributed by atoms with Crippen molar-refractivity contribution in [3.63, 3.8) is 0 Å². The van der Waals surface area contributed by atoms with Gasteiger partial charge in [-0.3, -0.25) is 9.59 Å². The molecule has 1 aromatic heterocycles. The molecule has 0 saturated heterocycles. The molecule has 94 valence electrons. The number of pyridine rings is 1. The minimum atomic E-state index is -0.707. The maximum Gasteiger partial charge on any atom is 0.227 e. The normalized spacial score (nSPS) is 12.5. The van der Waals surface area contributed by atoms with Gasteiger partial charge in [0.25, 0.3) is 0 Å². The molecule has 0 aliphatic rings. The lowest BCUT2D eigenvalue weighted by atomic mass is 10.0. The number of H-pyrrole nitrogens is 1. The van der Waals surface area contributed by atoms with Gasteiger partial charge in [-0.1, -0.05) is 13.8 Å². The molecule has 0 aliphatic heterocycles. The number of halogens is 1. The Labute approximate surface area is 107 Å². The third-order valence-electron chi connectivity index (χ3n) is 2.34. The fraction of sp³-hybridized carbons (Fsp3) is 0.455. The molecule has 5 nitrogen and oxygen atoms in total. The Kier molecular flexibility index (Phi) is 4.89. The number of carbonyl (C=O) groups excluding carboxylic acids is 1. The average molecular weight is 303 g/mol. The van der Waals surface area contributed by atoms with Crippen LogP contribution in [-0.4, -0.2) is 22.1 Å². The van der Waals surface area contributed by atoms with E-state index in [-0.39, 0.29) is 29.4 Å². The summed E-state index contributed by atoms with van der Waals surface area (Å²) in [5.74, 6) is -0.378. The van der Waals surface area contributed by atoms with Gasteiger partial charge in [0.05, 0.1) is 17.0 Å². The zero-order chi connectivity index (χ0) is 13.0. The SMILES string of the molecule is CC(C)C(O)CC(=O)Nc1c[nH]cc(Br)c1=O. The number of aromatic nitrogens is 1. The van der Waals surface area contributed by atoms with E-state index in [9.17, 15) is 14.7 Å². The molecule has 0 aliphatic carbocycles. The first-order valence-electron chi connectivity index (χ1n) is 5.26. The Bertz CT molecular complexity index is 456. The average Bonchev–Trinajstić information content (AvgIpc) is 2.24. The molecule has 0 aromatic carbocycles. The second-order valence-corrected chi connectivity index (χ2v) is 4.96. The number of rotatable bonds is 4. The van der Waals surface area contributed by atoms with E-state index in [0.29, 0.717) is 4.47 Å². The third kappa shape index (κ3) is 3.98. The summed E-state index contributed by atoms with van der Waals surface area (Å²) in [4.78, 5) is 25.9. The van der Waals surface area contributed by atoms with Gasteiger partial charge in [-0.05, 0) is 21.8 Å². The Morgan fingerprint density at radius 3 is 2.76 bits per heavy atom. The minimum absolute atomic E-state index is 0.00143. The quantitative estimate of drug-likeness (QED) is 0.788. The first-order chi connectivity index (χ1) is 7.91. The number of carbonyl (C=O) groups is 1. The van der Waals surface area contributed by atoms with Gasteiger partial charge in [-0.15, -0.1) is 0 Å². The van der Waals surface area contributed by atoms with E-state index >= 15 is 0 Å². The van der Waals surface area contributed by atoms with Crippen LogP contribution in [0, 0.1) is 5.92 Å². The number of nitrogens with one attached hydrogen (secondary N) is 2. The summed E-state index contributed by atoms with van der Waals surface area (Å²) < 4.78 is 0.347. The van der Waals surface area contributed by atoms with Crippen LogP contribution in [0.2, 0.25) is 0 Å². The molecule has 1 amide bonds. The van der Waals surface area contributed by atoms with Crippen LogP contribution >= 0.6 is 15.9 Å². The molecule has 0 spiro atoms. The molecule has 0 bridgehead atoms. The highest BCUT2D eigenvalue weighted by Gasteiger charge is 2.15. The second kappa shape index (κ2) is 5.97. The monoisotopic (exact) mass is 302 g/mol. The number of hydrogen-bond acceptors (Lipinski definition) is 3. The van der Waals surface area contributed by atoms with Crippen LogP contribution in [0.3, 0.4) is 0 Å². The van der Waals surface area contributed by atoms with E-state index < -0.39 is 6.10 Å². The van der Waals surface area contributed by atoms with E-state index in [0.717, 1.165) is 0 Å². The lowest BCUT2D eigenvalue weighted by Gasteiger charge is -2.13. The zero-order valence-electron chi connectivity index (χ0n) is 9.66. The second-order valence-electron chi connectivity index (χ2n) is 4.11. The Morgan fingerprint density at radius 1 is 1.53 bits per heavy atom. The molecule has 1 heterocycles. The highest BCUT2D eigenvalue weighted by atomic mass is 79.9. The summed E-state index contributed by atoms with van der Waals surface area (Å²) >= 11 is 3.07. The van der Waals surface area contributed by atoms with Crippen LogP contribution in [0.5, 0.6) is 0 Å². The molecule has 1 rings (SSSR count). The van der Waals surface area contributed by atoms with Crippen molar-refractivity contribution in [1.82, 2.24) is 4.98 Å². The van der Waals surface area contributed by atoms with Gasteiger partial charge in [0, 0.05) is 12.4 Å². The first-order valence-corrected chi connectivity index (χ1v) is 6.05. The highest BCUT2D eigenvalue weighted by Crippen LogP contribution is 2.09. The predicted octanol–water partition coefficient (Wildman–Crippen LogP) is 1.48. The predicted molar refractivity (Wildman–Crippen MR) is 68.9 cm³/mol. The van der Waals surface area contributed by atoms with Crippen molar-refractivity contribution in [1.29, 1.82) is 0 Å². The smallest absolute Gasteiger partial charge is 0.227 e. The first kappa shape index (κ1) is 13.9. The van der Waals surface area contributed by atoms with Gasteiger partial charge >= 0.3 is 0 Å². The van der Waals surface area contributed by atoms with Crippen LogP contribution < -0.4 is 10.7 Å². The molecular formula is C11H15BrN2O3. The summed E-state index contributed by atoms with van der Waals surface area (Å²) in [5.41, 5.74) is -0.128. The molecular weight excluding hydrogens is 288 g/mol. The van der Waals surface area contributed by atoms with E-state index in [1.807, 2.05) is 13.8 Å². The summed E-state index contributed by atoms with van der Waals surface area (Å²) in [6.45, 7) is 3.65. The van der Waals surface area contributed by atoms with Crippen LogP contribution in [0.25, 0.3) is 0 Å². The van der Waals surface area contributed by atoms with Crippen molar-refractivity contribution in [2.24, 2.45) is 5.92 Å².